The number of oxazole rings is 1. The summed E-state index contributed by atoms with van der Waals surface area (Å²) in [7, 11) is -1.59. The third-order valence-electron chi connectivity index (χ3n) is 2.89. The highest BCUT2D eigenvalue weighted by Crippen LogP contribution is 2.23. The summed E-state index contributed by atoms with van der Waals surface area (Å²) in [5.41, 5.74) is 7.47. The van der Waals surface area contributed by atoms with Crippen LogP contribution in [0, 0.1) is 5.82 Å². The van der Waals surface area contributed by atoms with E-state index in [0.29, 0.717) is 27.4 Å². The lowest BCUT2D eigenvalue weighted by Crippen LogP contribution is -1.99. The maximum atomic E-state index is 13.7. The Morgan fingerprint density at radius 1 is 1.29 bits per heavy atom. The number of nitrogens with zero attached hydrogens (tertiary/aromatic N) is 1. The van der Waals surface area contributed by atoms with E-state index >= 15 is 0 Å². The van der Waals surface area contributed by atoms with Crippen LogP contribution in [0.25, 0.3) is 11.1 Å². The minimum absolute atomic E-state index is 0.0364. The molecule has 3 aromatic rings. The molecule has 0 aliphatic heterocycles. The zero-order valence-corrected chi connectivity index (χ0v) is 12.2. The van der Waals surface area contributed by atoms with Gasteiger partial charge in [-0.3, -0.25) is 0 Å². The van der Waals surface area contributed by atoms with Crippen LogP contribution in [0.4, 0.5) is 10.1 Å². The summed E-state index contributed by atoms with van der Waals surface area (Å²) < 4.78 is 31.3. The molecule has 7 heteroatoms. The van der Waals surface area contributed by atoms with Crippen LogP contribution in [0.2, 0.25) is 5.02 Å². The highest BCUT2D eigenvalue weighted by Gasteiger charge is 2.15. The average molecular weight is 325 g/mol. The van der Waals surface area contributed by atoms with Crippen LogP contribution in [0.3, 0.4) is 0 Å². The number of hydrogen-bond acceptors (Lipinski definition) is 4. The maximum absolute atomic E-state index is 13.7. The molecule has 2 N–H and O–H groups in total. The van der Waals surface area contributed by atoms with Crippen molar-refractivity contribution in [2.45, 2.75) is 11.0 Å². The number of aromatic nitrogens is 1. The molecular formula is C14H10ClFN2O2S. The maximum Gasteiger partial charge on any atom is 0.288 e. The number of halogens is 2. The second-order valence-corrected chi connectivity index (χ2v) is 6.20. The minimum atomic E-state index is -1.59. The molecule has 4 nitrogen and oxygen atoms in total. The Kier molecular flexibility index (Phi) is 3.65. The van der Waals surface area contributed by atoms with Crippen molar-refractivity contribution >= 4 is 39.2 Å². The van der Waals surface area contributed by atoms with E-state index in [0.717, 1.165) is 0 Å². The minimum Gasteiger partial charge on any atom is -0.430 e. The number of rotatable bonds is 3. The lowest BCUT2D eigenvalue weighted by Gasteiger charge is -2.01. The molecule has 1 heterocycles. The van der Waals surface area contributed by atoms with Crippen LogP contribution in [0.1, 0.15) is 5.56 Å². The molecule has 0 spiro atoms. The lowest BCUT2D eigenvalue weighted by atomic mass is 10.2. The molecule has 0 amide bonds. The van der Waals surface area contributed by atoms with Crippen LogP contribution in [-0.2, 0) is 16.6 Å². The van der Waals surface area contributed by atoms with Gasteiger partial charge in [0.25, 0.3) is 5.22 Å². The Morgan fingerprint density at radius 3 is 2.86 bits per heavy atom. The van der Waals surface area contributed by atoms with E-state index in [2.05, 4.69) is 4.98 Å². The Labute approximate surface area is 127 Å². The van der Waals surface area contributed by atoms with Gasteiger partial charge in [-0.25, -0.2) is 13.6 Å². The van der Waals surface area contributed by atoms with Gasteiger partial charge < -0.3 is 10.2 Å². The topological polar surface area (TPSA) is 69.1 Å². The summed E-state index contributed by atoms with van der Waals surface area (Å²) in [4.78, 5) is 4.13. The van der Waals surface area contributed by atoms with Gasteiger partial charge in [-0.1, -0.05) is 17.7 Å². The Hall–Kier alpha value is -1.92. The largest absolute Gasteiger partial charge is 0.430 e. The van der Waals surface area contributed by atoms with Crippen molar-refractivity contribution < 1.29 is 13.0 Å². The van der Waals surface area contributed by atoms with E-state index in [1.165, 1.54) is 12.1 Å². The quantitative estimate of drug-likeness (QED) is 0.748. The summed E-state index contributed by atoms with van der Waals surface area (Å²) >= 11 is 5.68. The normalized spacial score (nSPS) is 12.7. The van der Waals surface area contributed by atoms with Crippen molar-refractivity contribution in [2.24, 2.45) is 0 Å². The molecule has 0 aliphatic carbocycles. The van der Waals surface area contributed by atoms with E-state index in [-0.39, 0.29) is 11.0 Å². The van der Waals surface area contributed by atoms with Crippen LogP contribution in [0.15, 0.2) is 46.0 Å². The fourth-order valence-electron chi connectivity index (χ4n) is 1.86. The van der Waals surface area contributed by atoms with Gasteiger partial charge in [0.05, 0.1) is 5.75 Å². The molecule has 21 heavy (non-hydrogen) atoms. The van der Waals surface area contributed by atoms with Crippen molar-refractivity contribution in [3.8, 4) is 0 Å². The highest BCUT2D eigenvalue weighted by molar-refractivity contribution is 7.84. The zero-order chi connectivity index (χ0) is 15.0. The molecule has 1 atom stereocenters. The van der Waals surface area contributed by atoms with Gasteiger partial charge >= 0.3 is 0 Å². The van der Waals surface area contributed by atoms with Gasteiger partial charge in [0, 0.05) is 22.3 Å². The van der Waals surface area contributed by atoms with Gasteiger partial charge in [0.15, 0.2) is 5.58 Å². The molecule has 0 aliphatic rings. The third-order valence-corrected chi connectivity index (χ3v) is 4.26. The Bertz CT molecular complexity index is 850. The standard InChI is InChI=1S/C14H10ClFN2O2S/c15-9-2-1-8(11(16)5-9)7-21(19)14-18-12-4-3-10(17)6-13(12)20-14/h1-6H,7,17H2. The first-order valence-corrected chi connectivity index (χ1v) is 7.71. The number of nitrogen functional groups attached to an aromatic ring is 1. The van der Waals surface area contributed by atoms with Crippen molar-refractivity contribution in [1.29, 1.82) is 0 Å². The molecular weight excluding hydrogens is 315 g/mol. The second kappa shape index (κ2) is 5.46. The Balaban J connectivity index is 1.89. The molecule has 108 valence electrons. The van der Waals surface area contributed by atoms with Gasteiger partial charge in [-0.15, -0.1) is 0 Å². The molecule has 0 bridgehead atoms. The molecule has 2 aromatic carbocycles. The SMILES string of the molecule is Nc1ccc2nc(S(=O)Cc3ccc(Cl)cc3F)oc2c1. The van der Waals surface area contributed by atoms with E-state index in [4.69, 9.17) is 21.8 Å². The second-order valence-electron chi connectivity index (χ2n) is 4.43. The summed E-state index contributed by atoms with van der Waals surface area (Å²) in [5, 5.41) is 0.337. The summed E-state index contributed by atoms with van der Waals surface area (Å²) in [6.45, 7) is 0. The number of nitrogens with two attached hydrogens (primary N) is 1. The van der Waals surface area contributed by atoms with E-state index in [1.807, 2.05) is 0 Å². The Morgan fingerprint density at radius 2 is 2.10 bits per heavy atom. The molecule has 0 radical (unpaired) electrons. The van der Waals surface area contributed by atoms with Crippen LogP contribution in [0.5, 0.6) is 0 Å². The van der Waals surface area contributed by atoms with Crippen LogP contribution in [-0.4, -0.2) is 9.19 Å². The first-order valence-electron chi connectivity index (χ1n) is 6.01. The number of benzene rings is 2. The fourth-order valence-corrected chi connectivity index (χ4v) is 3.04. The summed E-state index contributed by atoms with van der Waals surface area (Å²) in [6, 6.07) is 9.18. The smallest absolute Gasteiger partial charge is 0.288 e. The van der Waals surface area contributed by atoms with Crippen molar-refractivity contribution in [2.75, 3.05) is 5.73 Å². The number of anilines is 1. The predicted molar refractivity (Wildman–Crippen MR) is 79.9 cm³/mol. The van der Waals surface area contributed by atoms with Crippen molar-refractivity contribution in [3.63, 3.8) is 0 Å². The first kappa shape index (κ1) is 14.0. The van der Waals surface area contributed by atoms with Crippen LogP contribution >= 0.6 is 11.6 Å². The first-order chi connectivity index (χ1) is 10.0. The predicted octanol–water partition coefficient (Wildman–Crippen LogP) is 3.51. The summed E-state index contributed by atoms with van der Waals surface area (Å²) in [6.07, 6.45) is 0. The molecule has 1 unspecified atom stereocenters. The van der Waals surface area contributed by atoms with Crippen molar-refractivity contribution in [1.82, 2.24) is 4.98 Å². The van der Waals surface area contributed by atoms with Gasteiger partial charge in [0.1, 0.15) is 22.1 Å². The van der Waals surface area contributed by atoms with Gasteiger partial charge in [0.2, 0.25) is 0 Å². The third kappa shape index (κ3) is 2.91. The van der Waals surface area contributed by atoms with E-state index < -0.39 is 16.6 Å². The zero-order valence-electron chi connectivity index (χ0n) is 10.7. The van der Waals surface area contributed by atoms with E-state index in [1.54, 1.807) is 24.3 Å². The number of hydrogen-bond donors (Lipinski definition) is 1. The lowest BCUT2D eigenvalue weighted by molar-refractivity contribution is 0.477. The van der Waals surface area contributed by atoms with Gasteiger partial charge in [-0.2, -0.15) is 0 Å². The van der Waals surface area contributed by atoms with Gasteiger partial charge in [-0.05, 0) is 24.3 Å². The summed E-state index contributed by atoms with van der Waals surface area (Å²) in [5.74, 6) is -0.540. The monoisotopic (exact) mass is 324 g/mol. The fraction of sp³-hybridized carbons (Fsp3) is 0.0714. The molecule has 0 fully saturated rings. The number of fused-ring (bicyclic) bond motifs is 1. The molecule has 0 saturated carbocycles. The average Bonchev–Trinajstić information content (AvgIpc) is 2.85. The van der Waals surface area contributed by atoms with Crippen molar-refractivity contribution in [3.05, 3.63) is 52.8 Å². The molecule has 0 saturated heterocycles. The van der Waals surface area contributed by atoms with Crippen LogP contribution < -0.4 is 5.73 Å². The van der Waals surface area contributed by atoms with E-state index in [9.17, 15) is 8.60 Å². The molecule has 1 aromatic heterocycles. The highest BCUT2D eigenvalue weighted by atomic mass is 35.5. The molecule has 3 rings (SSSR count).